The van der Waals surface area contributed by atoms with Crippen LogP contribution in [0, 0.1) is 22.5 Å². The second-order valence-corrected chi connectivity index (χ2v) is 9.91. The Morgan fingerprint density at radius 1 is 1.22 bits per heavy atom. The van der Waals surface area contributed by atoms with Crippen LogP contribution >= 0.6 is 11.8 Å². The highest BCUT2D eigenvalue weighted by molar-refractivity contribution is 8.26. The van der Waals surface area contributed by atoms with Crippen molar-refractivity contribution in [3.8, 4) is 5.75 Å². The van der Waals surface area contributed by atoms with Crippen LogP contribution in [0.2, 0.25) is 0 Å². The third-order valence-electron chi connectivity index (χ3n) is 6.71. The first kappa shape index (κ1) is 25.5. The molecule has 1 amide bonds. The van der Waals surface area contributed by atoms with E-state index >= 15 is 0 Å². The normalized spacial score (nSPS) is 19.6. The van der Waals surface area contributed by atoms with Crippen LogP contribution in [0.3, 0.4) is 0 Å². The highest BCUT2D eigenvalue weighted by Crippen LogP contribution is 2.39. The summed E-state index contributed by atoms with van der Waals surface area (Å²) in [6.07, 6.45) is 2.61. The molecule has 1 aliphatic heterocycles. The minimum absolute atomic E-state index is 0.00179. The SMILES string of the molecule is CCN1C(=O)c2c(O)c(=O)c(C(=N)SC(=N)Cc3ccc(F)cc3F)cn2N(C)C12CCCC(=O)C2. The fourth-order valence-electron chi connectivity index (χ4n) is 4.94. The summed E-state index contributed by atoms with van der Waals surface area (Å²) >= 11 is 0.582. The maximum atomic E-state index is 14.0. The first-order chi connectivity index (χ1) is 17.0. The number of fused-ring (bicyclic) bond motifs is 1. The van der Waals surface area contributed by atoms with Crippen molar-refractivity contribution in [2.75, 3.05) is 18.6 Å². The molecule has 1 atom stereocenters. The smallest absolute Gasteiger partial charge is 0.278 e. The number of nitrogens with zero attached hydrogens (tertiary/aromatic N) is 3. The quantitative estimate of drug-likeness (QED) is 0.422. The van der Waals surface area contributed by atoms with Gasteiger partial charge in [0, 0.05) is 45.1 Å². The average molecular weight is 518 g/mol. The summed E-state index contributed by atoms with van der Waals surface area (Å²) in [6, 6.07) is 2.96. The molecule has 3 N–H and O–H groups in total. The Balaban J connectivity index is 1.69. The van der Waals surface area contributed by atoms with Crippen LogP contribution in [0.15, 0.2) is 29.2 Å². The highest BCUT2D eigenvalue weighted by atomic mass is 32.2. The lowest BCUT2D eigenvalue weighted by Crippen LogP contribution is -2.70. The lowest BCUT2D eigenvalue weighted by molar-refractivity contribution is -0.125. The van der Waals surface area contributed by atoms with Crippen molar-refractivity contribution in [2.24, 2.45) is 0 Å². The summed E-state index contributed by atoms with van der Waals surface area (Å²) in [7, 11) is 1.65. The molecule has 36 heavy (non-hydrogen) atoms. The zero-order chi connectivity index (χ0) is 26.4. The van der Waals surface area contributed by atoms with Crippen molar-refractivity contribution in [3.63, 3.8) is 0 Å². The summed E-state index contributed by atoms with van der Waals surface area (Å²) in [5, 5.41) is 28.4. The summed E-state index contributed by atoms with van der Waals surface area (Å²) in [5.74, 6) is -3.01. The first-order valence-electron chi connectivity index (χ1n) is 11.3. The van der Waals surface area contributed by atoms with Gasteiger partial charge in [0.15, 0.2) is 11.4 Å². The van der Waals surface area contributed by atoms with E-state index in [1.807, 2.05) is 0 Å². The van der Waals surface area contributed by atoms with Gasteiger partial charge in [-0.15, -0.1) is 0 Å². The summed E-state index contributed by atoms with van der Waals surface area (Å²) < 4.78 is 28.4. The molecule has 1 aromatic carbocycles. The van der Waals surface area contributed by atoms with Crippen LogP contribution in [0.5, 0.6) is 5.75 Å². The Kier molecular flexibility index (Phi) is 6.74. The molecule has 1 fully saturated rings. The summed E-state index contributed by atoms with van der Waals surface area (Å²) in [5.41, 5.74) is -2.39. The monoisotopic (exact) mass is 517 g/mol. The van der Waals surface area contributed by atoms with Crippen molar-refractivity contribution in [3.05, 3.63) is 63.1 Å². The van der Waals surface area contributed by atoms with Gasteiger partial charge >= 0.3 is 0 Å². The Labute approximate surface area is 209 Å². The topological polar surface area (TPSA) is 131 Å². The zero-order valence-corrected chi connectivity index (χ0v) is 20.5. The van der Waals surface area contributed by atoms with Gasteiger partial charge in [-0.2, -0.15) is 0 Å². The minimum atomic E-state index is -0.977. The van der Waals surface area contributed by atoms with E-state index in [1.54, 1.807) is 19.0 Å². The number of hydrogen-bond donors (Lipinski definition) is 3. The van der Waals surface area contributed by atoms with Crippen molar-refractivity contribution in [1.82, 2.24) is 9.58 Å². The number of benzene rings is 1. The molecule has 190 valence electrons. The lowest BCUT2D eigenvalue weighted by atomic mass is 9.85. The van der Waals surface area contributed by atoms with E-state index in [4.69, 9.17) is 10.8 Å². The molecule has 2 heterocycles. The summed E-state index contributed by atoms with van der Waals surface area (Å²) in [6.45, 7) is 2.02. The number of ketones is 1. The van der Waals surface area contributed by atoms with E-state index in [9.17, 15) is 28.3 Å². The van der Waals surface area contributed by atoms with Gasteiger partial charge in [-0.05, 0) is 31.4 Å². The van der Waals surface area contributed by atoms with Gasteiger partial charge in [0.2, 0.25) is 5.43 Å². The molecule has 9 nitrogen and oxygen atoms in total. The molecule has 0 saturated heterocycles. The molecule has 1 saturated carbocycles. The predicted molar refractivity (Wildman–Crippen MR) is 132 cm³/mol. The van der Waals surface area contributed by atoms with E-state index in [-0.39, 0.29) is 52.1 Å². The van der Waals surface area contributed by atoms with Crippen molar-refractivity contribution in [1.29, 1.82) is 10.8 Å². The van der Waals surface area contributed by atoms with E-state index in [1.165, 1.54) is 21.8 Å². The molecule has 0 bridgehead atoms. The van der Waals surface area contributed by atoms with Crippen LogP contribution in [-0.4, -0.2) is 55.7 Å². The number of aromatic hydroxyl groups is 1. The van der Waals surface area contributed by atoms with E-state index < -0.39 is 34.4 Å². The molecular formula is C24H25F2N5O4S. The minimum Gasteiger partial charge on any atom is -0.502 e. The number of amides is 1. The number of pyridine rings is 1. The standard InChI is InChI=1S/C24H25F2N5O4S/c1-3-30-23(35)19-21(34)20(33)16(12-31(19)29(2)24(30)8-4-5-15(32)11-24)22(28)36-18(27)9-13-6-7-14(25)10-17(13)26/h6-7,10,12,27-28,34H,3-5,8-9,11H2,1-2H3. The number of aromatic nitrogens is 1. The highest BCUT2D eigenvalue weighted by Gasteiger charge is 2.51. The largest absolute Gasteiger partial charge is 0.502 e. The molecule has 1 aliphatic carbocycles. The maximum Gasteiger partial charge on any atom is 0.278 e. The third kappa shape index (κ3) is 4.19. The number of Topliss-reactive ketones (excluding diaryl/α,β-unsaturated/α-hetero) is 1. The molecule has 4 rings (SSSR count). The molecule has 0 radical (unpaired) electrons. The van der Waals surface area contributed by atoms with Crippen LogP contribution in [-0.2, 0) is 11.2 Å². The second kappa shape index (κ2) is 9.49. The van der Waals surface area contributed by atoms with Gasteiger partial charge in [-0.1, -0.05) is 17.8 Å². The maximum absolute atomic E-state index is 14.0. The van der Waals surface area contributed by atoms with Crippen molar-refractivity contribution >= 4 is 33.5 Å². The summed E-state index contributed by atoms with van der Waals surface area (Å²) in [4.78, 5) is 40.2. The molecule has 2 aliphatic rings. The Hall–Kier alpha value is -3.54. The van der Waals surface area contributed by atoms with Crippen LogP contribution < -0.4 is 10.4 Å². The molecule has 1 spiro atoms. The number of halogens is 2. The lowest BCUT2D eigenvalue weighted by Gasteiger charge is -2.55. The number of nitrogens with one attached hydrogen (secondary N) is 2. The van der Waals surface area contributed by atoms with Crippen LogP contribution in [0.25, 0.3) is 0 Å². The van der Waals surface area contributed by atoms with Gasteiger partial charge in [0.05, 0.1) is 10.6 Å². The molecule has 2 aromatic rings. The predicted octanol–water partition coefficient (Wildman–Crippen LogP) is 2.99. The second-order valence-electron chi connectivity index (χ2n) is 8.81. The van der Waals surface area contributed by atoms with Gasteiger partial charge < -0.3 is 10.0 Å². The zero-order valence-electron chi connectivity index (χ0n) is 19.7. The molecule has 1 aromatic heterocycles. The first-order valence-corrected chi connectivity index (χ1v) is 12.2. The van der Waals surface area contributed by atoms with E-state index in [0.717, 1.165) is 6.07 Å². The fourth-order valence-corrected chi connectivity index (χ4v) is 5.67. The number of thioether (sulfide) groups is 1. The Morgan fingerprint density at radius 2 is 1.94 bits per heavy atom. The number of carbonyl (C=O) groups is 2. The molecular weight excluding hydrogens is 492 g/mol. The van der Waals surface area contributed by atoms with Crippen LogP contribution in [0.4, 0.5) is 8.78 Å². The molecule has 1 unspecified atom stereocenters. The third-order valence-corrected chi connectivity index (χ3v) is 7.52. The van der Waals surface area contributed by atoms with Gasteiger partial charge in [-0.25, -0.2) is 8.78 Å². The van der Waals surface area contributed by atoms with Crippen LogP contribution in [0.1, 0.15) is 54.2 Å². The average Bonchev–Trinajstić information content (AvgIpc) is 2.81. The van der Waals surface area contributed by atoms with Gasteiger partial charge in [0.1, 0.15) is 28.1 Å². The van der Waals surface area contributed by atoms with E-state index in [0.29, 0.717) is 37.1 Å². The Morgan fingerprint density at radius 3 is 2.58 bits per heavy atom. The number of rotatable bonds is 4. The fraction of sp³-hybridized carbons (Fsp3) is 0.375. The van der Waals surface area contributed by atoms with E-state index in [2.05, 4.69) is 0 Å². The Bertz CT molecular complexity index is 1360. The number of hydrogen-bond acceptors (Lipinski definition) is 8. The van der Waals surface area contributed by atoms with Gasteiger partial charge in [0.25, 0.3) is 5.91 Å². The van der Waals surface area contributed by atoms with Gasteiger partial charge in [-0.3, -0.25) is 34.9 Å². The number of carbonyl (C=O) groups excluding carboxylic acids is 2. The van der Waals surface area contributed by atoms with Crippen molar-refractivity contribution < 1.29 is 23.5 Å². The van der Waals surface area contributed by atoms with Crippen molar-refractivity contribution in [2.45, 2.75) is 44.7 Å². The molecule has 12 heteroatoms.